The number of hydrogen-bond donors (Lipinski definition) is 1. The Morgan fingerprint density at radius 3 is 2.68 bits per heavy atom. The number of hydrogen-bond acceptors (Lipinski definition) is 5. The van der Waals surface area contributed by atoms with Crippen LogP contribution < -0.4 is 15.2 Å². The van der Waals surface area contributed by atoms with Crippen molar-refractivity contribution in [2.45, 2.75) is 19.8 Å². The Labute approximate surface area is 112 Å². The van der Waals surface area contributed by atoms with E-state index in [-0.39, 0.29) is 5.82 Å². The molecular weight excluding hydrogens is 242 g/mol. The number of aromatic nitrogens is 2. The van der Waals surface area contributed by atoms with Crippen LogP contribution in [0.2, 0.25) is 0 Å². The van der Waals surface area contributed by atoms with Gasteiger partial charge in [0.15, 0.2) is 5.82 Å². The molecule has 0 spiro atoms. The Balaban J connectivity index is 2.31. The van der Waals surface area contributed by atoms with Gasteiger partial charge in [-0.3, -0.25) is 0 Å². The van der Waals surface area contributed by atoms with Crippen molar-refractivity contribution in [3.63, 3.8) is 0 Å². The third-order valence-corrected chi connectivity index (χ3v) is 2.74. The summed E-state index contributed by atoms with van der Waals surface area (Å²) in [4.78, 5) is 7.90. The molecule has 0 amide bonds. The standard InChI is InChI=1S/C14H17N3O2/c1-9(2)10-5-4-6-11(7-10)19-14-12(18-3)13(15)16-8-17-14/h4-9H,1-3H3,(H2,15,16,17). The number of nitrogen functional groups attached to an aromatic ring is 1. The Bertz CT molecular complexity index is 570. The lowest BCUT2D eigenvalue weighted by atomic mass is 10.0. The predicted octanol–water partition coefficient (Wildman–Crippen LogP) is 2.98. The van der Waals surface area contributed by atoms with E-state index in [1.165, 1.54) is 19.0 Å². The molecule has 2 aromatic rings. The van der Waals surface area contributed by atoms with Crippen LogP contribution in [0.1, 0.15) is 25.3 Å². The van der Waals surface area contributed by atoms with Gasteiger partial charge < -0.3 is 15.2 Å². The van der Waals surface area contributed by atoms with E-state index in [1.54, 1.807) is 0 Å². The second-order valence-electron chi connectivity index (χ2n) is 4.43. The molecule has 0 saturated carbocycles. The van der Waals surface area contributed by atoms with Crippen LogP contribution in [-0.4, -0.2) is 17.1 Å². The van der Waals surface area contributed by atoms with Crippen LogP contribution in [0.5, 0.6) is 17.4 Å². The van der Waals surface area contributed by atoms with Gasteiger partial charge in [0.05, 0.1) is 7.11 Å². The summed E-state index contributed by atoms with van der Waals surface area (Å²) in [7, 11) is 1.51. The molecule has 1 aromatic carbocycles. The first kappa shape index (κ1) is 13.1. The summed E-state index contributed by atoms with van der Waals surface area (Å²) in [5.41, 5.74) is 6.90. The molecule has 5 heteroatoms. The summed E-state index contributed by atoms with van der Waals surface area (Å²) in [6.07, 6.45) is 1.35. The zero-order valence-electron chi connectivity index (χ0n) is 11.3. The van der Waals surface area contributed by atoms with Gasteiger partial charge in [0, 0.05) is 0 Å². The summed E-state index contributed by atoms with van der Waals surface area (Å²) in [6, 6.07) is 7.84. The van der Waals surface area contributed by atoms with Gasteiger partial charge >= 0.3 is 0 Å². The third-order valence-electron chi connectivity index (χ3n) is 2.74. The molecule has 2 rings (SSSR count). The van der Waals surface area contributed by atoms with Gasteiger partial charge in [-0.15, -0.1) is 0 Å². The Morgan fingerprint density at radius 1 is 1.21 bits per heavy atom. The average Bonchev–Trinajstić information content (AvgIpc) is 2.39. The number of ether oxygens (including phenoxy) is 2. The number of methoxy groups -OCH3 is 1. The smallest absolute Gasteiger partial charge is 0.268 e. The first-order valence-electron chi connectivity index (χ1n) is 6.04. The summed E-state index contributed by atoms with van der Waals surface area (Å²) in [5.74, 6) is 2.05. The molecule has 0 atom stereocenters. The molecule has 0 fully saturated rings. The Hall–Kier alpha value is -2.30. The SMILES string of the molecule is COc1c(N)ncnc1Oc1cccc(C(C)C)c1. The van der Waals surface area contributed by atoms with Crippen molar-refractivity contribution in [1.29, 1.82) is 0 Å². The second-order valence-corrected chi connectivity index (χ2v) is 4.43. The van der Waals surface area contributed by atoms with Crippen LogP contribution in [0.4, 0.5) is 5.82 Å². The fourth-order valence-corrected chi connectivity index (χ4v) is 1.68. The lowest BCUT2D eigenvalue weighted by molar-refractivity contribution is 0.369. The van der Waals surface area contributed by atoms with Crippen molar-refractivity contribution in [2.75, 3.05) is 12.8 Å². The molecule has 19 heavy (non-hydrogen) atoms. The quantitative estimate of drug-likeness (QED) is 0.914. The van der Waals surface area contributed by atoms with Gasteiger partial charge in [0.25, 0.3) is 5.88 Å². The minimum atomic E-state index is 0.257. The zero-order valence-corrected chi connectivity index (χ0v) is 11.3. The van der Waals surface area contributed by atoms with E-state index in [9.17, 15) is 0 Å². The Morgan fingerprint density at radius 2 is 2.00 bits per heavy atom. The number of nitrogens with two attached hydrogens (primary N) is 1. The van der Waals surface area contributed by atoms with E-state index in [0.717, 1.165) is 0 Å². The number of nitrogens with zero attached hydrogens (tertiary/aromatic N) is 2. The van der Waals surface area contributed by atoms with Gasteiger partial charge in [-0.25, -0.2) is 4.98 Å². The number of anilines is 1. The maximum Gasteiger partial charge on any atom is 0.268 e. The fourth-order valence-electron chi connectivity index (χ4n) is 1.68. The van der Waals surface area contributed by atoms with Gasteiger partial charge in [0.1, 0.15) is 12.1 Å². The van der Waals surface area contributed by atoms with Crippen LogP contribution in [0.15, 0.2) is 30.6 Å². The van der Waals surface area contributed by atoms with E-state index < -0.39 is 0 Å². The van der Waals surface area contributed by atoms with Crippen molar-refractivity contribution in [3.8, 4) is 17.4 Å². The maximum absolute atomic E-state index is 5.72. The molecular formula is C14H17N3O2. The molecule has 5 nitrogen and oxygen atoms in total. The molecule has 0 unspecified atom stereocenters. The van der Waals surface area contributed by atoms with Crippen LogP contribution in [0, 0.1) is 0 Å². The fraction of sp³-hybridized carbons (Fsp3) is 0.286. The highest BCUT2D eigenvalue weighted by Crippen LogP contribution is 2.33. The lowest BCUT2D eigenvalue weighted by Crippen LogP contribution is -2.00. The van der Waals surface area contributed by atoms with Crippen molar-refractivity contribution >= 4 is 5.82 Å². The number of rotatable bonds is 4. The molecule has 2 N–H and O–H groups in total. The maximum atomic E-state index is 5.72. The molecule has 0 aliphatic carbocycles. The second kappa shape index (κ2) is 5.56. The third kappa shape index (κ3) is 2.93. The van der Waals surface area contributed by atoms with Crippen molar-refractivity contribution in [1.82, 2.24) is 9.97 Å². The van der Waals surface area contributed by atoms with E-state index in [2.05, 4.69) is 29.9 Å². The van der Waals surface area contributed by atoms with Crippen LogP contribution >= 0.6 is 0 Å². The van der Waals surface area contributed by atoms with Crippen LogP contribution in [0.25, 0.3) is 0 Å². The summed E-state index contributed by atoms with van der Waals surface area (Å²) in [6.45, 7) is 4.25. The summed E-state index contributed by atoms with van der Waals surface area (Å²) in [5, 5.41) is 0. The largest absolute Gasteiger partial charge is 0.489 e. The molecule has 100 valence electrons. The van der Waals surface area contributed by atoms with Gasteiger partial charge in [-0.05, 0) is 23.6 Å². The zero-order chi connectivity index (χ0) is 13.8. The van der Waals surface area contributed by atoms with E-state index in [0.29, 0.717) is 23.3 Å². The predicted molar refractivity (Wildman–Crippen MR) is 73.6 cm³/mol. The van der Waals surface area contributed by atoms with Gasteiger partial charge in [0.2, 0.25) is 5.75 Å². The first-order valence-corrected chi connectivity index (χ1v) is 6.04. The van der Waals surface area contributed by atoms with E-state index in [1.807, 2.05) is 18.2 Å². The topological polar surface area (TPSA) is 70.3 Å². The monoisotopic (exact) mass is 259 g/mol. The van der Waals surface area contributed by atoms with Crippen LogP contribution in [-0.2, 0) is 0 Å². The molecule has 0 bridgehead atoms. The van der Waals surface area contributed by atoms with Gasteiger partial charge in [-0.1, -0.05) is 26.0 Å². The minimum absolute atomic E-state index is 0.257. The molecule has 0 aliphatic heterocycles. The summed E-state index contributed by atoms with van der Waals surface area (Å²) >= 11 is 0. The van der Waals surface area contributed by atoms with Crippen molar-refractivity contribution in [3.05, 3.63) is 36.2 Å². The van der Waals surface area contributed by atoms with Crippen molar-refractivity contribution in [2.24, 2.45) is 0 Å². The molecule has 0 saturated heterocycles. The molecule has 1 aromatic heterocycles. The Kier molecular flexibility index (Phi) is 3.85. The highest BCUT2D eigenvalue weighted by molar-refractivity contribution is 5.52. The van der Waals surface area contributed by atoms with E-state index in [4.69, 9.17) is 15.2 Å². The number of benzene rings is 1. The summed E-state index contributed by atoms with van der Waals surface area (Å²) < 4.78 is 10.9. The molecule has 1 heterocycles. The van der Waals surface area contributed by atoms with E-state index >= 15 is 0 Å². The minimum Gasteiger partial charge on any atom is -0.489 e. The first-order chi connectivity index (χ1) is 9.11. The highest BCUT2D eigenvalue weighted by atomic mass is 16.5. The highest BCUT2D eigenvalue weighted by Gasteiger charge is 2.12. The van der Waals surface area contributed by atoms with Crippen molar-refractivity contribution < 1.29 is 9.47 Å². The normalized spacial score (nSPS) is 10.5. The van der Waals surface area contributed by atoms with Crippen LogP contribution in [0.3, 0.4) is 0 Å². The van der Waals surface area contributed by atoms with Gasteiger partial charge in [-0.2, -0.15) is 4.98 Å². The lowest BCUT2D eigenvalue weighted by Gasteiger charge is -2.11. The molecule has 0 aliphatic rings. The molecule has 0 radical (unpaired) electrons. The average molecular weight is 259 g/mol.